The van der Waals surface area contributed by atoms with Gasteiger partial charge in [-0.3, -0.25) is 0 Å². The fraction of sp³-hybridized carbons (Fsp3) is 0. The molecule has 0 saturated carbocycles. The Kier molecular flexibility index (Phi) is 10.4. The maximum atomic E-state index is 4.28. The molecule has 0 unspecified atom stereocenters. The van der Waals surface area contributed by atoms with Crippen molar-refractivity contribution in [2.45, 2.75) is 18.9 Å². The Hall–Kier alpha value is -5.18. The smallest absolute Gasteiger partial charge is 0.0668 e. The van der Waals surface area contributed by atoms with E-state index in [0.29, 0.717) is 0 Å². The van der Waals surface area contributed by atoms with Crippen LogP contribution in [0.3, 0.4) is 0 Å². The van der Waals surface area contributed by atoms with Gasteiger partial charge in [0.25, 0.3) is 0 Å². The predicted octanol–water partition coefficient (Wildman–Crippen LogP) is 18.2. The highest BCUT2D eigenvalue weighted by molar-refractivity contribution is 8.02. The number of fused-ring (bicyclic) bond motifs is 2. The van der Waals surface area contributed by atoms with E-state index in [9.17, 15) is 0 Å². The van der Waals surface area contributed by atoms with E-state index < -0.39 is 0 Å². The molecule has 0 nitrogen and oxygen atoms in total. The molecule has 278 valence electrons. The summed E-state index contributed by atoms with van der Waals surface area (Å²) in [6.07, 6.45) is 4.06. The second kappa shape index (κ2) is 16.2. The van der Waals surface area contributed by atoms with Crippen LogP contribution in [0.2, 0.25) is 0 Å². The number of hydrogen-bond acceptors (Lipinski definition) is 6. The van der Waals surface area contributed by atoms with Crippen LogP contribution in [0.4, 0.5) is 0 Å². The number of thiophene rings is 4. The van der Waals surface area contributed by atoms with Crippen LogP contribution in [0, 0.1) is 0 Å². The van der Waals surface area contributed by atoms with Crippen LogP contribution in [0.15, 0.2) is 202 Å². The van der Waals surface area contributed by atoms with E-state index in [2.05, 4.69) is 183 Å². The molecule has 0 saturated heterocycles. The van der Waals surface area contributed by atoms with Gasteiger partial charge in [-0.05, 0) is 56.6 Å². The van der Waals surface area contributed by atoms with E-state index in [1.165, 1.54) is 102 Å². The summed E-state index contributed by atoms with van der Waals surface area (Å²) in [5.41, 5.74) is 11.1. The first-order valence-electron chi connectivity index (χ1n) is 18.9. The first-order chi connectivity index (χ1) is 28.7. The minimum atomic E-state index is 1.21. The molecule has 6 aromatic carbocycles. The number of hydrogen-bond donors (Lipinski definition) is 0. The SMILES string of the molecule is C=Cc1sc2cc(Sc3c(C=C)sc4cc(-c5c(-c6ccccc6)cccc5-c5ccccc5)sc34)sc2c1Sc1c(-c2ccccc2)cccc1-c1ccccc1. The van der Waals surface area contributed by atoms with Crippen LogP contribution in [0.25, 0.3) is 85.9 Å². The average molecular weight is 851 g/mol. The van der Waals surface area contributed by atoms with Gasteiger partial charge in [0.1, 0.15) is 0 Å². The molecule has 0 aliphatic carbocycles. The third kappa shape index (κ3) is 6.94. The van der Waals surface area contributed by atoms with E-state index in [1.807, 2.05) is 81.0 Å². The van der Waals surface area contributed by atoms with Gasteiger partial charge in [0.15, 0.2) is 0 Å². The highest BCUT2D eigenvalue weighted by Gasteiger charge is 2.24. The zero-order chi connectivity index (χ0) is 39.0. The van der Waals surface area contributed by atoms with E-state index in [-0.39, 0.29) is 0 Å². The standard InChI is InChI=1S/C52H34S6/c1-3-41-49(51-44(53-41)31-43(55-51)47-37(33-19-9-5-10-20-33)27-17-28-38(47)34-21-11-6-12-22-34)56-46-32-45-52(57-46)50(42(4-2)54-45)58-48-39(35-23-13-7-14-24-35)29-18-30-40(48)36-25-15-8-16-26-36/h3-32H,1-2H2. The Balaban J connectivity index is 1.07. The van der Waals surface area contributed by atoms with Gasteiger partial charge in [0, 0.05) is 44.3 Å². The van der Waals surface area contributed by atoms with Crippen molar-refractivity contribution in [1.82, 2.24) is 0 Å². The summed E-state index contributed by atoms with van der Waals surface area (Å²) >= 11 is 11.2. The molecule has 4 aromatic heterocycles. The van der Waals surface area contributed by atoms with Crippen molar-refractivity contribution >= 4 is 99.8 Å². The molecular weight excluding hydrogens is 817 g/mol. The summed E-state index contributed by atoms with van der Waals surface area (Å²) in [5.74, 6) is 0. The monoisotopic (exact) mass is 850 g/mol. The second-order valence-electron chi connectivity index (χ2n) is 13.6. The van der Waals surface area contributed by atoms with Crippen LogP contribution in [-0.2, 0) is 0 Å². The minimum absolute atomic E-state index is 1.21. The molecule has 10 aromatic rings. The molecule has 0 radical (unpaired) electrons. The van der Waals surface area contributed by atoms with Crippen LogP contribution in [-0.4, -0.2) is 0 Å². The number of rotatable bonds is 11. The molecule has 0 amide bonds. The van der Waals surface area contributed by atoms with E-state index >= 15 is 0 Å². The van der Waals surface area contributed by atoms with Gasteiger partial charge in [0.05, 0.1) is 13.6 Å². The normalized spacial score (nSPS) is 11.4. The summed E-state index contributed by atoms with van der Waals surface area (Å²) in [6.45, 7) is 8.55. The van der Waals surface area contributed by atoms with Crippen LogP contribution >= 0.6 is 68.9 Å². The molecule has 0 spiro atoms. The minimum Gasteiger partial charge on any atom is -0.134 e. The fourth-order valence-electron chi connectivity index (χ4n) is 7.46. The van der Waals surface area contributed by atoms with Crippen molar-refractivity contribution in [3.63, 3.8) is 0 Å². The summed E-state index contributed by atoms with van der Waals surface area (Å²) < 4.78 is 6.52. The highest BCUT2D eigenvalue weighted by Crippen LogP contribution is 2.55. The third-order valence-corrected chi connectivity index (χ3v) is 18.0. The average Bonchev–Trinajstić information content (AvgIpc) is 4.05. The molecule has 58 heavy (non-hydrogen) atoms. The van der Waals surface area contributed by atoms with Crippen molar-refractivity contribution < 1.29 is 0 Å². The lowest BCUT2D eigenvalue weighted by Crippen LogP contribution is -1.88. The zero-order valence-electron chi connectivity index (χ0n) is 31.2. The summed E-state index contributed by atoms with van der Waals surface area (Å²) in [7, 11) is 0. The zero-order valence-corrected chi connectivity index (χ0v) is 36.1. The second-order valence-corrected chi connectivity index (χ2v) is 20.2. The van der Waals surface area contributed by atoms with Gasteiger partial charge in [-0.1, -0.05) is 207 Å². The first kappa shape index (κ1) is 37.1. The van der Waals surface area contributed by atoms with E-state index in [4.69, 9.17) is 0 Å². The summed E-state index contributed by atoms with van der Waals surface area (Å²) in [5, 5.41) is 0. The van der Waals surface area contributed by atoms with Gasteiger partial charge in [-0.15, -0.1) is 45.3 Å². The van der Waals surface area contributed by atoms with Crippen molar-refractivity contribution in [3.05, 3.63) is 193 Å². The lowest BCUT2D eigenvalue weighted by Gasteiger charge is -2.15. The maximum Gasteiger partial charge on any atom is 0.0668 e. The topological polar surface area (TPSA) is 0 Å². The highest BCUT2D eigenvalue weighted by atomic mass is 32.2. The molecule has 0 aliphatic rings. The molecule has 6 heteroatoms. The lowest BCUT2D eigenvalue weighted by atomic mass is 9.91. The van der Waals surface area contributed by atoms with Gasteiger partial charge in [0.2, 0.25) is 0 Å². The third-order valence-electron chi connectivity index (χ3n) is 10.1. The Morgan fingerprint density at radius 3 is 1.28 bits per heavy atom. The molecule has 10 rings (SSSR count). The van der Waals surface area contributed by atoms with Crippen molar-refractivity contribution in [2.75, 3.05) is 0 Å². The lowest BCUT2D eigenvalue weighted by molar-refractivity contribution is 1.42. The van der Waals surface area contributed by atoms with Crippen molar-refractivity contribution in [1.29, 1.82) is 0 Å². The van der Waals surface area contributed by atoms with E-state index in [0.717, 1.165) is 0 Å². The Morgan fingerprint density at radius 1 is 0.379 bits per heavy atom. The summed E-state index contributed by atoms with van der Waals surface area (Å²) in [4.78, 5) is 7.54. The molecule has 0 atom stereocenters. The Morgan fingerprint density at radius 2 is 0.793 bits per heavy atom. The van der Waals surface area contributed by atoms with E-state index in [1.54, 1.807) is 0 Å². The molecule has 0 bridgehead atoms. The van der Waals surface area contributed by atoms with Crippen molar-refractivity contribution in [3.8, 4) is 54.9 Å². The molecule has 0 aliphatic heterocycles. The van der Waals surface area contributed by atoms with Gasteiger partial charge >= 0.3 is 0 Å². The number of benzene rings is 6. The largest absolute Gasteiger partial charge is 0.134 e. The maximum absolute atomic E-state index is 4.28. The van der Waals surface area contributed by atoms with Gasteiger partial charge < -0.3 is 0 Å². The molecule has 0 fully saturated rings. The Labute approximate surface area is 363 Å². The summed E-state index contributed by atoms with van der Waals surface area (Å²) in [6, 6.07) is 61.3. The van der Waals surface area contributed by atoms with Gasteiger partial charge in [-0.25, -0.2) is 0 Å². The molecule has 0 N–H and O–H groups in total. The quantitative estimate of drug-likeness (QED) is 0.127. The van der Waals surface area contributed by atoms with Crippen molar-refractivity contribution in [2.24, 2.45) is 0 Å². The molecular formula is C52H34S6. The predicted molar refractivity (Wildman–Crippen MR) is 261 cm³/mol. The van der Waals surface area contributed by atoms with Crippen LogP contribution in [0.5, 0.6) is 0 Å². The Bertz CT molecular complexity index is 2960. The molecule has 4 heterocycles. The fourth-order valence-corrected chi connectivity index (χ4v) is 15.6. The van der Waals surface area contributed by atoms with Crippen LogP contribution in [0.1, 0.15) is 9.75 Å². The first-order valence-corrected chi connectivity index (χ1v) is 23.8. The van der Waals surface area contributed by atoms with Gasteiger partial charge in [-0.2, -0.15) is 0 Å². The van der Waals surface area contributed by atoms with Crippen LogP contribution < -0.4 is 0 Å².